The third-order valence-electron chi connectivity index (χ3n) is 5.53. The van der Waals surface area contributed by atoms with Gasteiger partial charge in [-0.3, -0.25) is 9.59 Å². The lowest BCUT2D eigenvalue weighted by Crippen LogP contribution is -2.14. The van der Waals surface area contributed by atoms with Crippen LogP contribution >= 0.6 is 0 Å². The minimum absolute atomic E-state index is 0.162. The summed E-state index contributed by atoms with van der Waals surface area (Å²) in [5, 5.41) is 6.31. The number of hydrogen-bond acceptors (Lipinski definition) is 6. The zero-order valence-corrected chi connectivity index (χ0v) is 19.1. The molecule has 2 heterocycles. The van der Waals surface area contributed by atoms with Gasteiger partial charge in [0.15, 0.2) is 5.76 Å². The maximum atomic E-state index is 13.0. The molecule has 0 unspecified atom stereocenters. The Labute approximate surface area is 205 Å². The van der Waals surface area contributed by atoms with Gasteiger partial charge in [0.25, 0.3) is 11.8 Å². The molecule has 0 aliphatic rings. The van der Waals surface area contributed by atoms with E-state index < -0.39 is 11.5 Å². The lowest BCUT2D eigenvalue weighted by atomic mass is 10.0. The molecule has 2 aromatic heterocycles. The number of anilines is 2. The molecule has 5 rings (SSSR count). The molecule has 5 aromatic rings. The van der Waals surface area contributed by atoms with E-state index in [0.717, 1.165) is 5.39 Å². The summed E-state index contributed by atoms with van der Waals surface area (Å²) in [6, 6.07) is 23.7. The maximum Gasteiger partial charge on any atom is 0.344 e. The highest BCUT2D eigenvalue weighted by atomic mass is 16.5. The van der Waals surface area contributed by atoms with Gasteiger partial charge in [-0.2, -0.15) is 0 Å². The van der Waals surface area contributed by atoms with Crippen LogP contribution in [0, 0.1) is 0 Å². The number of hydrogen-bond donors (Lipinski definition) is 2. The van der Waals surface area contributed by atoms with Crippen LogP contribution in [0.4, 0.5) is 11.4 Å². The molecule has 8 nitrogen and oxygen atoms in total. The fourth-order valence-electron chi connectivity index (χ4n) is 3.76. The van der Waals surface area contributed by atoms with Crippen molar-refractivity contribution in [2.24, 2.45) is 0 Å². The van der Waals surface area contributed by atoms with Crippen LogP contribution in [0.1, 0.15) is 20.9 Å². The van der Waals surface area contributed by atoms with E-state index in [-0.39, 0.29) is 11.7 Å². The van der Waals surface area contributed by atoms with Crippen LogP contribution in [0.25, 0.3) is 22.1 Å². The van der Waals surface area contributed by atoms with E-state index in [4.69, 9.17) is 13.6 Å². The van der Waals surface area contributed by atoms with Gasteiger partial charge < -0.3 is 24.2 Å². The highest BCUT2D eigenvalue weighted by molar-refractivity contribution is 6.06. The number of carbonyl (C=O) groups is 2. The van der Waals surface area contributed by atoms with Crippen LogP contribution in [0.3, 0.4) is 0 Å². The SMILES string of the molecule is COc1cc(NC(=O)c2cccc(-c3cc4ccccc4oc3=O)c2)ccc1NC(=O)c1ccco1. The van der Waals surface area contributed by atoms with Crippen LogP contribution in [-0.2, 0) is 0 Å². The third-order valence-corrected chi connectivity index (χ3v) is 5.53. The first-order valence-electron chi connectivity index (χ1n) is 11.0. The van der Waals surface area contributed by atoms with Crippen molar-refractivity contribution in [2.75, 3.05) is 17.7 Å². The van der Waals surface area contributed by atoms with E-state index in [2.05, 4.69) is 10.6 Å². The van der Waals surface area contributed by atoms with Crippen LogP contribution in [-0.4, -0.2) is 18.9 Å². The first-order valence-corrected chi connectivity index (χ1v) is 11.0. The van der Waals surface area contributed by atoms with Gasteiger partial charge in [-0.1, -0.05) is 30.3 Å². The molecule has 0 aliphatic carbocycles. The topological polar surface area (TPSA) is 111 Å². The van der Waals surface area contributed by atoms with Gasteiger partial charge in [0.1, 0.15) is 11.3 Å². The Morgan fingerprint density at radius 3 is 2.50 bits per heavy atom. The van der Waals surface area contributed by atoms with Crippen molar-refractivity contribution < 1.29 is 23.2 Å². The quantitative estimate of drug-likeness (QED) is 0.308. The lowest BCUT2D eigenvalue weighted by molar-refractivity contribution is 0.0994. The summed E-state index contributed by atoms with van der Waals surface area (Å²) in [6.07, 6.45) is 1.41. The van der Waals surface area contributed by atoms with Gasteiger partial charge >= 0.3 is 5.63 Å². The van der Waals surface area contributed by atoms with Crippen molar-refractivity contribution in [2.45, 2.75) is 0 Å². The summed E-state index contributed by atoms with van der Waals surface area (Å²) >= 11 is 0. The van der Waals surface area contributed by atoms with Crippen molar-refractivity contribution in [3.8, 4) is 16.9 Å². The fourth-order valence-corrected chi connectivity index (χ4v) is 3.76. The molecule has 0 aliphatic heterocycles. The van der Waals surface area contributed by atoms with E-state index in [1.807, 2.05) is 12.1 Å². The van der Waals surface area contributed by atoms with Gasteiger partial charge in [-0.25, -0.2) is 4.79 Å². The zero-order valence-electron chi connectivity index (χ0n) is 19.1. The summed E-state index contributed by atoms with van der Waals surface area (Å²) in [6.45, 7) is 0. The molecule has 0 spiro atoms. The van der Waals surface area contributed by atoms with E-state index in [1.165, 1.54) is 13.4 Å². The van der Waals surface area contributed by atoms with E-state index in [0.29, 0.717) is 39.4 Å². The molecule has 0 atom stereocenters. The Kier molecular flexibility index (Phi) is 6.07. The molecule has 2 amide bonds. The van der Waals surface area contributed by atoms with Crippen molar-refractivity contribution in [3.05, 3.63) is 113 Å². The van der Waals surface area contributed by atoms with Gasteiger partial charge in [0, 0.05) is 22.7 Å². The molecular formula is C28H20N2O6. The normalized spacial score (nSPS) is 10.7. The molecule has 0 saturated carbocycles. The molecule has 3 aromatic carbocycles. The average Bonchev–Trinajstić information content (AvgIpc) is 3.44. The first-order chi connectivity index (χ1) is 17.5. The summed E-state index contributed by atoms with van der Waals surface area (Å²) < 4.78 is 15.9. The summed E-state index contributed by atoms with van der Waals surface area (Å²) in [5.41, 5.74) is 2.18. The largest absolute Gasteiger partial charge is 0.494 e. The second kappa shape index (κ2) is 9.63. The Hall–Kier alpha value is -5.11. The predicted molar refractivity (Wildman–Crippen MR) is 136 cm³/mol. The number of methoxy groups -OCH3 is 1. The van der Waals surface area contributed by atoms with Crippen LogP contribution < -0.4 is 21.0 Å². The summed E-state index contributed by atoms with van der Waals surface area (Å²) in [7, 11) is 1.46. The number of nitrogens with one attached hydrogen (secondary N) is 2. The highest BCUT2D eigenvalue weighted by Gasteiger charge is 2.15. The number of furan rings is 1. The Morgan fingerprint density at radius 1 is 0.833 bits per heavy atom. The van der Waals surface area contributed by atoms with Crippen LogP contribution in [0.2, 0.25) is 0 Å². The minimum atomic E-state index is -0.483. The fraction of sp³-hybridized carbons (Fsp3) is 0.0357. The number of benzene rings is 3. The number of carbonyl (C=O) groups excluding carboxylic acids is 2. The smallest absolute Gasteiger partial charge is 0.344 e. The van der Waals surface area contributed by atoms with Crippen molar-refractivity contribution >= 4 is 34.2 Å². The first kappa shape index (κ1) is 22.7. The molecule has 0 radical (unpaired) electrons. The van der Waals surface area contributed by atoms with Crippen molar-refractivity contribution in [1.29, 1.82) is 0 Å². The van der Waals surface area contributed by atoms with Gasteiger partial charge in [0.05, 0.1) is 24.6 Å². The second-order valence-corrected chi connectivity index (χ2v) is 7.87. The van der Waals surface area contributed by atoms with Gasteiger partial charge in [-0.05, 0) is 54.1 Å². The number of ether oxygens (including phenoxy) is 1. The third kappa shape index (κ3) is 4.60. The Balaban J connectivity index is 1.37. The van der Waals surface area contributed by atoms with Gasteiger partial charge in [-0.15, -0.1) is 0 Å². The summed E-state index contributed by atoms with van der Waals surface area (Å²) in [5.74, 6) is -0.286. The number of para-hydroxylation sites is 1. The number of fused-ring (bicyclic) bond motifs is 1. The van der Waals surface area contributed by atoms with Crippen molar-refractivity contribution in [1.82, 2.24) is 0 Å². The van der Waals surface area contributed by atoms with Gasteiger partial charge in [0.2, 0.25) is 0 Å². The zero-order chi connectivity index (χ0) is 25.1. The molecule has 0 bridgehead atoms. The Morgan fingerprint density at radius 2 is 1.69 bits per heavy atom. The molecule has 0 fully saturated rings. The number of rotatable bonds is 6. The number of amides is 2. The average molecular weight is 480 g/mol. The molecule has 36 heavy (non-hydrogen) atoms. The maximum absolute atomic E-state index is 13.0. The van der Waals surface area contributed by atoms with Crippen molar-refractivity contribution in [3.63, 3.8) is 0 Å². The van der Waals surface area contributed by atoms with Crippen LogP contribution in [0.5, 0.6) is 5.75 Å². The Bertz CT molecular complexity index is 1640. The minimum Gasteiger partial charge on any atom is -0.494 e. The molecule has 2 N–H and O–H groups in total. The molecule has 178 valence electrons. The molecule has 8 heteroatoms. The van der Waals surface area contributed by atoms with E-state index in [9.17, 15) is 14.4 Å². The monoisotopic (exact) mass is 480 g/mol. The standard InChI is InChI=1S/C28H20N2O6/c1-34-25-16-20(11-12-22(25)30-27(32)24-10-5-13-35-24)29-26(31)19-8-4-7-17(14-19)21-15-18-6-2-3-9-23(18)36-28(21)33/h2-16H,1H3,(H,29,31)(H,30,32). The molecule has 0 saturated heterocycles. The second-order valence-electron chi connectivity index (χ2n) is 7.87. The molecular weight excluding hydrogens is 460 g/mol. The summed E-state index contributed by atoms with van der Waals surface area (Å²) in [4.78, 5) is 37.8. The lowest BCUT2D eigenvalue weighted by Gasteiger charge is -2.12. The van der Waals surface area contributed by atoms with Crippen LogP contribution in [0.15, 0.2) is 105 Å². The van der Waals surface area contributed by atoms with E-state index >= 15 is 0 Å². The predicted octanol–water partition coefficient (Wildman–Crippen LogP) is 5.57. The van der Waals surface area contributed by atoms with E-state index in [1.54, 1.807) is 72.8 Å². The highest BCUT2D eigenvalue weighted by Crippen LogP contribution is 2.29.